The van der Waals surface area contributed by atoms with Crippen LogP contribution in [0.5, 0.6) is 11.5 Å². The highest BCUT2D eigenvalue weighted by atomic mass is 19.1. The normalized spacial score (nSPS) is 11.5. The first kappa shape index (κ1) is 21.3. The van der Waals surface area contributed by atoms with Crippen molar-refractivity contribution in [2.75, 3.05) is 13.6 Å². The molecule has 0 bridgehead atoms. The molecule has 0 radical (unpaired) electrons. The average molecular weight is 435 g/mol. The number of aliphatic imine (C=N–C) groups is 1. The van der Waals surface area contributed by atoms with E-state index in [1.807, 2.05) is 6.20 Å². The summed E-state index contributed by atoms with van der Waals surface area (Å²) in [4.78, 5) is 11.3. The largest absolute Gasteiger partial charge is 0.453 e. The molecule has 2 aromatic heterocycles. The predicted molar refractivity (Wildman–Crippen MR) is 121 cm³/mol. The van der Waals surface area contributed by atoms with Crippen molar-refractivity contribution in [3.63, 3.8) is 0 Å². The van der Waals surface area contributed by atoms with Crippen LogP contribution in [0.25, 0.3) is 10.9 Å². The number of hydrogen-bond acceptors (Lipinski definition) is 3. The average Bonchev–Trinajstić information content (AvgIpc) is 3.20. The number of aromatic nitrogens is 2. The Kier molecular flexibility index (Phi) is 6.60. The van der Waals surface area contributed by atoms with Crippen LogP contribution in [0.3, 0.4) is 0 Å². The summed E-state index contributed by atoms with van der Waals surface area (Å²) < 4.78 is 33.5. The van der Waals surface area contributed by atoms with Crippen molar-refractivity contribution in [2.24, 2.45) is 4.99 Å². The summed E-state index contributed by atoms with van der Waals surface area (Å²) in [6.45, 7) is 0.997. The first-order valence-corrected chi connectivity index (χ1v) is 10.2. The molecule has 32 heavy (non-hydrogen) atoms. The minimum atomic E-state index is -0.456. The lowest BCUT2D eigenvalue weighted by molar-refractivity contribution is 0.440. The molecule has 0 atom stereocenters. The van der Waals surface area contributed by atoms with Crippen LogP contribution in [0.2, 0.25) is 0 Å². The molecular formula is C24H23F2N5O. The third-order valence-electron chi connectivity index (χ3n) is 4.96. The van der Waals surface area contributed by atoms with Gasteiger partial charge < -0.3 is 20.4 Å². The van der Waals surface area contributed by atoms with Gasteiger partial charge in [-0.05, 0) is 60.0 Å². The van der Waals surface area contributed by atoms with Crippen molar-refractivity contribution in [1.29, 1.82) is 0 Å². The van der Waals surface area contributed by atoms with Crippen LogP contribution in [-0.4, -0.2) is 29.5 Å². The third-order valence-corrected chi connectivity index (χ3v) is 4.96. The number of hydrogen-bond donors (Lipinski definition) is 3. The van der Waals surface area contributed by atoms with Gasteiger partial charge in [0.1, 0.15) is 11.6 Å². The number of halogens is 2. The van der Waals surface area contributed by atoms with E-state index < -0.39 is 5.82 Å². The number of pyridine rings is 1. The van der Waals surface area contributed by atoms with Crippen molar-refractivity contribution in [1.82, 2.24) is 20.6 Å². The SMILES string of the molecule is CN=C(NCCc1c[nH]c2ccc(F)cc12)NCc1ccc(Oc2cccnc2)c(F)c1. The fraction of sp³-hybridized carbons (Fsp3) is 0.167. The second-order valence-electron chi connectivity index (χ2n) is 7.16. The molecule has 0 aliphatic rings. The topological polar surface area (TPSA) is 74.3 Å². The highest BCUT2D eigenvalue weighted by molar-refractivity contribution is 5.83. The third kappa shape index (κ3) is 5.21. The molecule has 0 amide bonds. The van der Waals surface area contributed by atoms with Gasteiger partial charge in [0.25, 0.3) is 0 Å². The summed E-state index contributed by atoms with van der Waals surface area (Å²) in [6.07, 6.45) is 5.73. The molecular weight excluding hydrogens is 412 g/mol. The lowest BCUT2D eigenvalue weighted by Gasteiger charge is -2.13. The summed E-state index contributed by atoms with van der Waals surface area (Å²) >= 11 is 0. The van der Waals surface area contributed by atoms with Crippen LogP contribution in [0.4, 0.5) is 8.78 Å². The molecule has 0 aliphatic carbocycles. The summed E-state index contributed by atoms with van der Waals surface area (Å²) in [5.74, 6) is 0.488. The van der Waals surface area contributed by atoms with Crippen molar-refractivity contribution < 1.29 is 13.5 Å². The fourth-order valence-corrected chi connectivity index (χ4v) is 3.35. The Bertz CT molecular complexity index is 1220. The number of rotatable bonds is 7. The van der Waals surface area contributed by atoms with Crippen LogP contribution in [0.1, 0.15) is 11.1 Å². The predicted octanol–water partition coefficient (Wildman–Crippen LogP) is 4.54. The zero-order valence-corrected chi connectivity index (χ0v) is 17.5. The molecule has 2 heterocycles. The van der Waals surface area contributed by atoms with E-state index in [0.29, 0.717) is 31.2 Å². The molecule has 0 aliphatic heterocycles. The van der Waals surface area contributed by atoms with E-state index >= 15 is 0 Å². The molecule has 4 rings (SSSR count). The molecule has 6 nitrogen and oxygen atoms in total. The number of aromatic amines is 1. The van der Waals surface area contributed by atoms with Gasteiger partial charge in [0.2, 0.25) is 0 Å². The van der Waals surface area contributed by atoms with Crippen LogP contribution in [-0.2, 0) is 13.0 Å². The Balaban J connectivity index is 1.29. The monoisotopic (exact) mass is 435 g/mol. The molecule has 0 fully saturated rings. The fourth-order valence-electron chi connectivity index (χ4n) is 3.35. The van der Waals surface area contributed by atoms with E-state index in [4.69, 9.17) is 4.74 Å². The minimum absolute atomic E-state index is 0.138. The second-order valence-corrected chi connectivity index (χ2v) is 7.16. The van der Waals surface area contributed by atoms with Gasteiger partial charge in [-0.15, -0.1) is 0 Å². The summed E-state index contributed by atoms with van der Waals surface area (Å²) in [6, 6.07) is 12.9. The van der Waals surface area contributed by atoms with Crippen molar-refractivity contribution >= 4 is 16.9 Å². The summed E-state index contributed by atoms with van der Waals surface area (Å²) in [5.41, 5.74) is 2.67. The quantitative estimate of drug-likeness (QED) is 0.294. The standard InChI is InChI=1S/C24H23F2N5O/c1-27-24(29-10-8-17-14-30-22-6-5-18(25)12-20(17)22)31-13-16-4-7-23(21(26)11-16)32-19-3-2-9-28-15-19/h2-7,9,11-12,14-15,30H,8,10,13H2,1H3,(H2,27,29,31). The highest BCUT2D eigenvalue weighted by Gasteiger charge is 2.08. The number of nitrogens with zero attached hydrogens (tertiary/aromatic N) is 2. The number of guanidine groups is 1. The number of ether oxygens (including phenoxy) is 1. The molecule has 0 saturated heterocycles. The maximum Gasteiger partial charge on any atom is 0.191 e. The first-order valence-electron chi connectivity index (χ1n) is 10.2. The van der Waals surface area contributed by atoms with Gasteiger partial charge in [0, 0.05) is 43.4 Å². The van der Waals surface area contributed by atoms with Crippen molar-refractivity contribution in [3.05, 3.63) is 89.9 Å². The zero-order chi connectivity index (χ0) is 22.3. The van der Waals surface area contributed by atoms with E-state index in [0.717, 1.165) is 22.0 Å². The maximum absolute atomic E-state index is 14.4. The lowest BCUT2D eigenvalue weighted by Crippen LogP contribution is -2.37. The van der Waals surface area contributed by atoms with Gasteiger partial charge in [-0.3, -0.25) is 9.98 Å². The highest BCUT2D eigenvalue weighted by Crippen LogP contribution is 2.24. The van der Waals surface area contributed by atoms with Gasteiger partial charge in [0.15, 0.2) is 17.5 Å². The molecule has 0 unspecified atom stereocenters. The minimum Gasteiger partial charge on any atom is -0.453 e. The summed E-state index contributed by atoms with van der Waals surface area (Å²) in [7, 11) is 1.67. The molecule has 164 valence electrons. The molecule has 3 N–H and O–H groups in total. The Morgan fingerprint density at radius 3 is 2.81 bits per heavy atom. The molecule has 2 aromatic carbocycles. The van der Waals surface area contributed by atoms with Gasteiger partial charge in [-0.25, -0.2) is 8.78 Å². The van der Waals surface area contributed by atoms with Crippen LogP contribution < -0.4 is 15.4 Å². The Morgan fingerprint density at radius 1 is 1.12 bits per heavy atom. The van der Waals surface area contributed by atoms with Crippen LogP contribution >= 0.6 is 0 Å². The lowest BCUT2D eigenvalue weighted by atomic mass is 10.1. The number of H-pyrrole nitrogens is 1. The van der Waals surface area contributed by atoms with Gasteiger partial charge >= 0.3 is 0 Å². The van der Waals surface area contributed by atoms with Crippen LogP contribution in [0.15, 0.2) is 72.1 Å². The molecule has 0 saturated carbocycles. The Morgan fingerprint density at radius 2 is 2.03 bits per heavy atom. The number of benzene rings is 2. The van der Waals surface area contributed by atoms with Gasteiger partial charge in [-0.2, -0.15) is 0 Å². The van der Waals surface area contributed by atoms with Gasteiger partial charge in [-0.1, -0.05) is 6.07 Å². The van der Waals surface area contributed by atoms with E-state index in [9.17, 15) is 8.78 Å². The van der Waals surface area contributed by atoms with E-state index in [1.54, 1.807) is 43.6 Å². The second kappa shape index (κ2) is 9.91. The number of fused-ring (bicyclic) bond motifs is 1. The smallest absolute Gasteiger partial charge is 0.191 e. The number of nitrogens with one attached hydrogen (secondary N) is 3. The van der Waals surface area contributed by atoms with Crippen LogP contribution in [0, 0.1) is 11.6 Å². The first-order chi connectivity index (χ1) is 15.6. The maximum atomic E-state index is 14.4. The molecule has 8 heteroatoms. The molecule has 4 aromatic rings. The van der Waals surface area contributed by atoms with E-state index in [2.05, 4.69) is 25.6 Å². The zero-order valence-electron chi connectivity index (χ0n) is 17.5. The van der Waals surface area contributed by atoms with E-state index in [1.165, 1.54) is 24.4 Å². The van der Waals surface area contributed by atoms with E-state index in [-0.39, 0.29) is 11.6 Å². The Labute approximate surface area is 184 Å². The Hall–Kier alpha value is -3.94. The summed E-state index contributed by atoms with van der Waals surface area (Å²) in [5, 5.41) is 7.26. The van der Waals surface area contributed by atoms with Gasteiger partial charge in [0.05, 0.1) is 6.20 Å². The van der Waals surface area contributed by atoms with Crippen molar-refractivity contribution in [3.8, 4) is 11.5 Å². The van der Waals surface area contributed by atoms with Crippen molar-refractivity contribution in [2.45, 2.75) is 13.0 Å². The molecule has 0 spiro atoms.